The van der Waals surface area contributed by atoms with Gasteiger partial charge in [-0.05, 0) is 42.7 Å². The van der Waals surface area contributed by atoms with Crippen molar-refractivity contribution in [3.05, 3.63) is 69.5 Å². The number of Topliss-reactive ketones (excluding diaryl/α,β-unsaturated/α-hetero) is 1. The Bertz CT molecular complexity index is 1120. The first-order chi connectivity index (χ1) is 15.4. The molecule has 1 saturated heterocycles. The molecule has 166 valence electrons. The van der Waals surface area contributed by atoms with Gasteiger partial charge in [0.15, 0.2) is 5.78 Å². The summed E-state index contributed by atoms with van der Waals surface area (Å²) in [6.45, 7) is 3.26. The fourth-order valence-electron chi connectivity index (χ4n) is 3.62. The third-order valence-corrected chi connectivity index (χ3v) is 5.89. The highest BCUT2D eigenvalue weighted by molar-refractivity contribution is 6.39. The van der Waals surface area contributed by atoms with Gasteiger partial charge in [-0.25, -0.2) is 9.97 Å². The van der Waals surface area contributed by atoms with Gasteiger partial charge in [-0.1, -0.05) is 36.2 Å². The monoisotopic (exact) mass is 471 g/mol. The minimum Gasteiger partial charge on any atom is -0.391 e. The molecular weight excluding hydrogens is 449 g/mol. The maximum atomic E-state index is 12.8. The minimum atomic E-state index is -0.359. The van der Waals surface area contributed by atoms with E-state index in [0.29, 0.717) is 52.7 Å². The van der Waals surface area contributed by atoms with Crippen LogP contribution < -0.4 is 10.2 Å². The second-order valence-corrected chi connectivity index (χ2v) is 8.47. The normalized spacial score (nSPS) is 15.8. The molecule has 0 aliphatic carbocycles. The highest BCUT2D eigenvalue weighted by Gasteiger charge is 2.23. The molecule has 0 radical (unpaired) electrons. The van der Waals surface area contributed by atoms with E-state index < -0.39 is 0 Å². The van der Waals surface area contributed by atoms with Gasteiger partial charge in [-0.2, -0.15) is 4.98 Å². The van der Waals surface area contributed by atoms with E-state index in [-0.39, 0.29) is 18.3 Å². The maximum absolute atomic E-state index is 12.8. The Morgan fingerprint density at radius 1 is 1.19 bits per heavy atom. The number of nitrogens with one attached hydrogen (secondary N) is 1. The zero-order valence-electron chi connectivity index (χ0n) is 17.6. The zero-order valence-corrected chi connectivity index (χ0v) is 19.1. The lowest BCUT2D eigenvalue weighted by molar-refractivity contribution is 0.0993. The molecule has 3 aromatic rings. The molecule has 2 aromatic heterocycles. The molecular formula is C23H23Cl2N5O2. The number of carbonyl (C=O) groups is 1. The van der Waals surface area contributed by atoms with Gasteiger partial charge < -0.3 is 15.3 Å². The van der Waals surface area contributed by atoms with Crippen molar-refractivity contribution in [3.8, 4) is 0 Å². The van der Waals surface area contributed by atoms with Crippen LogP contribution in [0.15, 0.2) is 42.6 Å². The number of β-amino-alcohol motifs (C(OH)–C–C–N with tert-alkyl or cyclic N) is 1. The number of aromatic nitrogens is 3. The van der Waals surface area contributed by atoms with Gasteiger partial charge in [0.2, 0.25) is 5.95 Å². The minimum absolute atomic E-state index is 0.140. The molecule has 0 amide bonds. The topological polar surface area (TPSA) is 91.2 Å². The number of ketones is 1. The van der Waals surface area contributed by atoms with E-state index in [2.05, 4.69) is 20.3 Å². The molecule has 1 aromatic carbocycles. The second-order valence-electron chi connectivity index (χ2n) is 7.66. The maximum Gasteiger partial charge on any atom is 0.227 e. The van der Waals surface area contributed by atoms with Gasteiger partial charge in [-0.3, -0.25) is 4.79 Å². The van der Waals surface area contributed by atoms with Crippen molar-refractivity contribution in [2.75, 3.05) is 23.3 Å². The summed E-state index contributed by atoms with van der Waals surface area (Å²) in [5.74, 6) is 1.60. The van der Waals surface area contributed by atoms with Crippen molar-refractivity contribution < 1.29 is 9.90 Å². The van der Waals surface area contributed by atoms with E-state index in [9.17, 15) is 9.90 Å². The van der Waals surface area contributed by atoms with E-state index in [1.165, 1.54) is 0 Å². The third-order valence-electron chi connectivity index (χ3n) is 5.26. The summed E-state index contributed by atoms with van der Waals surface area (Å²) in [4.78, 5) is 28.3. The number of benzene rings is 1. The lowest BCUT2D eigenvalue weighted by Crippen LogP contribution is -2.24. The van der Waals surface area contributed by atoms with Gasteiger partial charge in [0.25, 0.3) is 0 Å². The number of hydrogen-bond donors (Lipinski definition) is 2. The number of carbonyl (C=O) groups excluding carboxylic acids is 1. The highest BCUT2D eigenvalue weighted by Crippen LogP contribution is 2.26. The lowest BCUT2D eigenvalue weighted by Gasteiger charge is -2.17. The number of nitrogens with zero attached hydrogens (tertiary/aromatic N) is 4. The van der Waals surface area contributed by atoms with Gasteiger partial charge >= 0.3 is 0 Å². The standard InChI is InChI=1S/C23H23Cl2N5O2/c1-2-15-12-21(29-23(27-15)30-9-7-16(31)13-30)28-20-11-14(6-8-26-20)10-19(32)22-17(24)4-3-5-18(22)25/h3-6,8,11-12,16,31H,2,7,9-10,13H2,1H3,(H,26,27,28,29)/t16-/m0/s1. The number of aliphatic hydroxyl groups excluding tert-OH is 1. The highest BCUT2D eigenvalue weighted by atomic mass is 35.5. The summed E-state index contributed by atoms with van der Waals surface area (Å²) in [6, 6.07) is 10.5. The number of anilines is 3. The van der Waals surface area contributed by atoms with Crippen LogP contribution in [0.1, 0.15) is 35.0 Å². The molecule has 1 fully saturated rings. The first-order valence-electron chi connectivity index (χ1n) is 10.4. The molecule has 1 aliphatic rings. The molecule has 7 nitrogen and oxygen atoms in total. The van der Waals surface area contributed by atoms with Crippen molar-refractivity contribution in [1.29, 1.82) is 0 Å². The average molecular weight is 472 g/mol. The van der Waals surface area contributed by atoms with Crippen molar-refractivity contribution in [3.63, 3.8) is 0 Å². The molecule has 1 aliphatic heterocycles. The first-order valence-corrected chi connectivity index (χ1v) is 11.2. The van der Waals surface area contributed by atoms with Crippen LogP contribution in [-0.4, -0.2) is 45.0 Å². The molecule has 0 spiro atoms. The van der Waals surface area contributed by atoms with Crippen LogP contribution in [0.5, 0.6) is 0 Å². The van der Waals surface area contributed by atoms with Crippen LogP contribution in [0.25, 0.3) is 0 Å². The molecule has 1 atom stereocenters. The van der Waals surface area contributed by atoms with E-state index in [0.717, 1.165) is 17.7 Å². The van der Waals surface area contributed by atoms with Crippen molar-refractivity contribution in [2.45, 2.75) is 32.3 Å². The average Bonchev–Trinajstić information content (AvgIpc) is 3.20. The van der Waals surface area contributed by atoms with Gasteiger partial charge in [0.1, 0.15) is 11.6 Å². The summed E-state index contributed by atoms with van der Waals surface area (Å²) in [6.07, 6.45) is 2.87. The van der Waals surface area contributed by atoms with Crippen LogP contribution >= 0.6 is 23.2 Å². The van der Waals surface area contributed by atoms with Gasteiger partial charge in [0.05, 0.1) is 21.7 Å². The molecule has 32 heavy (non-hydrogen) atoms. The van der Waals surface area contributed by atoms with Gasteiger partial charge in [-0.15, -0.1) is 0 Å². The fourth-order valence-corrected chi connectivity index (χ4v) is 4.22. The van der Waals surface area contributed by atoms with E-state index in [1.54, 1.807) is 36.5 Å². The lowest BCUT2D eigenvalue weighted by atomic mass is 10.0. The Hall–Kier alpha value is -2.74. The number of aliphatic hydroxyl groups is 1. The predicted octanol–water partition coefficient (Wildman–Crippen LogP) is 4.48. The van der Waals surface area contributed by atoms with Crippen molar-refractivity contribution in [2.24, 2.45) is 0 Å². The summed E-state index contributed by atoms with van der Waals surface area (Å²) in [5.41, 5.74) is 1.98. The largest absolute Gasteiger partial charge is 0.391 e. The second kappa shape index (κ2) is 9.81. The molecule has 4 rings (SSSR count). The van der Waals surface area contributed by atoms with Crippen LogP contribution in [0, 0.1) is 0 Å². The van der Waals surface area contributed by atoms with Crippen molar-refractivity contribution in [1.82, 2.24) is 15.0 Å². The SMILES string of the molecule is CCc1cc(Nc2cc(CC(=O)c3c(Cl)cccc3Cl)ccn2)nc(N2CC[C@H](O)C2)n1. The molecule has 3 heterocycles. The molecule has 2 N–H and O–H groups in total. The Kier molecular flexibility index (Phi) is 6.89. The Labute approximate surface area is 196 Å². The predicted molar refractivity (Wildman–Crippen MR) is 126 cm³/mol. The van der Waals surface area contributed by atoms with Crippen LogP contribution in [0.2, 0.25) is 10.0 Å². The quantitative estimate of drug-likeness (QED) is 0.490. The smallest absolute Gasteiger partial charge is 0.227 e. The number of hydrogen-bond acceptors (Lipinski definition) is 7. The van der Waals surface area contributed by atoms with E-state index in [1.807, 2.05) is 17.9 Å². The molecule has 0 bridgehead atoms. The van der Waals surface area contributed by atoms with E-state index >= 15 is 0 Å². The van der Waals surface area contributed by atoms with Crippen LogP contribution in [-0.2, 0) is 12.8 Å². The number of rotatable bonds is 7. The first kappa shape index (κ1) is 22.5. The number of halogens is 2. The Morgan fingerprint density at radius 2 is 1.97 bits per heavy atom. The zero-order chi connectivity index (χ0) is 22.7. The Morgan fingerprint density at radius 3 is 2.66 bits per heavy atom. The third kappa shape index (κ3) is 5.18. The molecule has 0 unspecified atom stereocenters. The number of pyridine rings is 1. The summed E-state index contributed by atoms with van der Waals surface area (Å²) in [5, 5.41) is 13.7. The fraction of sp³-hybridized carbons (Fsp3) is 0.304. The summed E-state index contributed by atoms with van der Waals surface area (Å²) < 4.78 is 0. The van der Waals surface area contributed by atoms with Gasteiger partial charge in [0, 0.05) is 37.5 Å². The molecule has 0 saturated carbocycles. The van der Waals surface area contributed by atoms with Crippen molar-refractivity contribution >= 4 is 46.6 Å². The van der Waals surface area contributed by atoms with E-state index in [4.69, 9.17) is 23.2 Å². The summed E-state index contributed by atoms with van der Waals surface area (Å²) in [7, 11) is 0. The number of aryl methyl sites for hydroxylation is 1. The summed E-state index contributed by atoms with van der Waals surface area (Å²) >= 11 is 12.3. The van der Waals surface area contributed by atoms with Crippen LogP contribution in [0.4, 0.5) is 17.6 Å². The molecule has 9 heteroatoms. The van der Waals surface area contributed by atoms with Crippen LogP contribution in [0.3, 0.4) is 0 Å². The Balaban J connectivity index is 1.53.